The van der Waals surface area contributed by atoms with Crippen molar-refractivity contribution in [2.75, 3.05) is 24.8 Å². The van der Waals surface area contributed by atoms with Gasteiger partial charge < -0.3 is 19.9 Å². The largest absolute Gasteiger partial charge is 0.454 e. The number of carbonyl (C=O) groups excluding carboxylic acids is 2. The Morgan fingerprint density at radius 2 is 2.17 bits per heavy atom. The number of amides is 3. The summed E-state index contributed by atoms with van der Waals surface area (Å²) in [6, 6.07) is 4.66. The zero-order valence-corrected chi connectivity index (χ0v) is 13.1. The van der Waals surface area contributed by atoms with E-state index in [9.17, 15) is 14.7 Å². The molecule has 3 heterocycles. The summed E-state index contributed by atoms with van der Waals surface area (Å²) in [4.78, 5) is 25.8. The third-order valence-electron chi connectivity index (χ3n) is 4.40. The second-order valence-electron chi connectivity index (χ2n) is 5.86. The Morgan fingerprint density at radius 1 is 1.35 bits per heavy atom. The summed E-state index contributed by atoms with van der Waals surface area (Å²) in [7, 11) is 0. The summed E-state index contributed by atoms with van der Waals surface area (Å²) in [6.45, 7) is 0.0822. The highest BCUT2D eigenvalue weighted by atomic mass is 32.2. The van der Waals surface area contributed by atoms with E-state index in [1.165, 1.54) is 0 Å². The molecule has 0 saturated carbocycles. The first-order chi connectivity index (χ1) is 11.1. The maximum Gasteiger partial charge on any atom is 0.325 e. The van der Waals surface area contributed by atoms with E-state index >= 15 is 0 Å². The van der Waals surface area contributed by atoms with E-state index in [1.54, 1.807) is 30.0 Å². The molecular weight excluding hydrogens is 320 g/mol. The predicted octanol–water partition coefficient (Wildman–Crippen LogP) is 0.876. The van der Waals surface area contributed by atoms with E-state index in [2.05, 4.69) is 5.32 Å². The van der Waals surface area contributed by atoms with Gasteiger partial charge in [-0.3, -0.25) is 9.69 Å². The van der Waals surface area contributed by atoms with Gasteiger partial charge in [0.05, 0.1) is 12.6 Å². The lowest BCUT2D eigenvalue weighted by Crippen LogP contribution is -2.47. The Labute approximate surface area is 136 Å². The molecule has 2 unspecified atom stereocenters. The number of ether oxygens (including phenoxy) is 2. The first-order valence-electron chi connectivity index (χ1n) is 7.38. The van der Waals surface area contributed by atoms with Crippen LogP contribution in [0.1, 0.15) is 18.1 Å². The number of urea groups is 1. The van der Waals surface area contributed by atoms with Gasteiger partial charge in [0.15, 0.2) is 11.5 Å². The van der Waals surface area contributed by atoms with E-state index < -0.39 is 17.7 Å². The second-order valence-corrected chi connectivity index (χ2v) is 6.96. The minimum absolute atomic E-state index is 0.0727. The molecule has 7 nitrogen and oxygen atoms in total. The van der Waals surface area contributed by atoms with Crippen LogP contribution in [0.25, 0.3) is 0 Å². The number of hydrogen-bond donors (Lipinski definition) is 2. The molecule has 1 spiro atoms. The van der Waals surface area contributed by atoms with Gasteiger partial charge in [0.1, 0.15) is 5.54 Å². The van der Waals surface area contributed by atoms with Gasteiger partial charge in [0.2, 0.25) is 6.79 Å². The first kappa shape index (κ1) is 14.6. The quantitative estimate of drug-likeness (QED) is 0.797. The fourth-order valence-corrected chi connectivity index (χ4v) is 4.40. The number of carbonyl (C=O) groups is 2. The van der Waals surface area contributed by atoms with Gasteiger partial charge in [-0.05, 0) is 29.9 Å². The van der Waals surface area contributed by atoms with Crippen molar-refractivity contribution in [3.05, 3.63) is 23.8 Å². The lowest BCUT2D eigenvalue weighted by molar-refractivity contribution is -0.131. The first-order valence-corrected chi connectivity index (χ1v) is 8.54. The third kappa shape index (κ3) is 2.33. The van der Waals surface area contributed by atoms with E-state index in [4.69, 9.17) is 9.47 Å². The van der Waals surface area contributed by atoms with Crippen LogP contribution < -0.4 is 14.8 Å². The van der Waals surface area contributed by atoms with Crippen LogP contribution in [0.15, 0.2) is 18.2 Å². The number of aliphatic hydroxyl groups is 1. The van der Waals surface area contributed by atoms with Crippen molar-refractivity contribution < 1.29 is 24.2 Å². The number of thioether (sulfide) groups is 1. The summed E-state index contributed by atoms with van der Waals surface area (Å²) in [6.07, 6.45) is -0.331. The number of nitrogens with one attached hydrogen (secondary N) is 1. The van der Waals surface area contributed by atoms with Crippen molar-refractivity contribution in [1.29, 1.82) is 0 Å². The number of rotatable bonds is 3. The van der Waals surface area contributed by atoms with Gasteiger partial charge in [-0.2, -0.15) is 11.8 Å². The molecule has 2 atom stereocenters. The molecule has 2 fully saturated rings. The average molecular weight is 336 g/mol. The number of benzene rings is 1. The molecule has 3 aliphatic heterocycles. The van der Waals surface area contributed by atoms with E-state index in [1.807, 2.05) is 0 Å². The topological polar surface area (TPSA) is 88.1 Å². The van der Waals surface area contributed by atoms with Gasteiger partial charge in [0.25, 0.3) is 5.91 Å². The maximum absolute atomic E-state index is 12.6. The fraction of sp³-hybridized carbons (Fsp3) is 0.467. The minimum Gasteiger partial charge on any atom is -0.454 e. The smallest absolute Gasteiger partial charge is 0.325 e. The molecule has 122 valence electrons. The number of hydrogen-bond acceptors (Lipinski definition) is 6. The highest BCUT2D eigenvalue weighted by Gasteiger charge is 2.53. The van der Waals surface area contributed by atoms with Crippen molar-refractivity contribution in [3.63, 3.8) is 0 Å². The predicted molar refractivity (Wildman–Crippen MR) is 82.4 cm³/mol. The highest BCUT2D eigenvalue weighted by molar-refractivity contribution is 7.99. The molecule has 23 heavy (non-hydrogen) atoms. The van der Waals surface area contributed by atoms with Crippen LogP contribution in [-0.2, 0) is 4.79 Å². The van der Waals surface area contributed by atoms with Crippen molar-refractivity contribution in [2.24, 2.45) is 0 Å². The van der Waals surface area contributed by atoms with Gasteiger partial charge in [-0.25, -0.2) is 4.79 Å². The number of β-amino-alcohol motifs (C(OH)–C–C–N with tert-alkyl or cyclic N) is 1. The molecule has 8 heteroatoms. The molecule has 3 aliphatic rings. The Morgan fingerprint density at radius 3 is 2.96 bits per heavy atom. The standard InChI is InChI=1S/C15H16N2O5S/c18-10(9-1-2-11-12(5-9)22-8-21-11)6-17-13(19)15(16-14(17)20)3-4-23-7-15/h1-2,5,10,18H,3-4,6-8H2,(H,16,20). The summed E-state index contributed by atoms with van der Waals surface area (Å²) >= 11 is 1.65. The second kappa shape index (κ2) is 5.31. The molecule has 2 N–H and O–H groups in total. The molecule has 0 bridgehead atoms. The van der Waals surface area contributed by atoms with E-state index in [0.29, 0.717) is 29.2 Å². The Balaban J connectivity index is 1.51. The SMILES string of the molecule is O=C1NC2(CCSC2)C(=O)N1CC(O)c1ccc2c(c1)OCO2. The summed E-state index contributed by atoms with van der Waals surface area (Å²) in [5.74, 6) is 2.38. The molecule has 0 aromatic heterocycles. The van der Waals surface area contributed by atoms with Crippen molar-refractivity contribution >= 4 is 23.7 Å². The van der Waals surface area contributed by atoms with Crippen molar-refractivity contribution in [2.45, 2.75) is 18.1 Å². The van der Waals surface area contributed by atoms with E-state index in [0.717, 1.165) is 10.7 Å². The average Bonchev–Trinajstić information content (AvgIpc) is 3.24. The monoisotopic (exact) mass is 336 g/mol. The number of aliphatic hydroxyl groups excluding tert-OH is 1. The number of nitrogens with zero attached hydrogens (tertiary/aromatic N) is 1. The normalized spacial score (nSPS) is 26.9. The van der Waals surface area contributed by atoms with Gasteiger partial charge >= 0.3 is 6.03 Å². The van der Waals surface area contributed by atoms with Crippen LogP contribution in [0.4, 0.5) is 4.79 Å². The summed E-state index contributed by atoms with van der Waals surface area (Å²) in [5.41, 5.74) is -0.201. The van der Waals surface area contributed by atoms with Crippen LogP contribution >= 0.6 is 11.8 Å². The van der Waals surface area contributed by atoms with Crippen LogP contribution in [0, 0.1) is 0 Å². The maximum atomic E-state index is 12.6. The highest BCUT2D eigenvalue weighted by Crippen LogP contribution is 2.36. The summed E-state index contributed by atoms with van der Waals surface area (Å²) in [5, 5.41) is 13.2. The van der Waals surface area contributed by atoms with Gasteiger partial charge in [-0.1, -0.05) is 6.07 Å². The fourth-order valence-electron chi connectivity index (χ4n) is 3.07. The van der Waals surface area contributed by atoms with Crippen LogP contribution in [-0.4, -0.2) is 52.3 Å². The molecule has 1 aromatic rings. The van der Waals surface area contributed by atoms with Crippen molar-refractivity contribution in [1.82, 2.24) is 10.2 Å². The molecule has 0 aliphatic carbocycles. The molecule has 2 saturated heterocycles. The molecule has 1 aromatic carbocycles. The zero-order chi connectivity index (χ0) is 16.0. The minimum atomic E-state index is -0.969. The van der Waals surface area contributed by atoms with Gasteiger partial charge in [-0.15, -0.1) is 0 Å². The van der Waals surface area contributed by atoms with Crippen LogP contribution in [0.2, 0.25) is 0 Å². The Kier molecular flexibility index (Phi) is 3.38. The Hall–Kier alpha value is -1.93. The molecule has 3 amide bonds. The number of fused-ring (bicyclic) bond motifs is 1. The molecule has 4 rings (SSSR count). The van der Waals surface area contributed by atoms with Crippen LogP contribution in [0.3, 0.4) is 0 Å². The van der Waals surface area contributed by atoms with Crippen LogP contribution in [0.5, 0.6) is 11.5 Å². The lowest BCUT2D eigenvalue weighted by Gasteiger charge is -2.21. The third-order valence-corrected chi connectivity index (χ3v) is 5.59. The zero-order valence-electron chi connectivity index (χ0n) is 12.3. The Bertz CT molecular complexity index is 674. The van der Waals surface area contributed by atoms with E-state index in [-0.39, 0.29) is 19.2 Å². The summed E-state index contributed by atoms with van der Waals surface area (Å²) < 4.78 is 10.5. The molecular formula is C15H16N2O5S. The lowest BCUT2D eigenvalue weighted by atomic mass is 9.99. The van der Waals surface area contributed by atoms with Gasteiger partial charge in [0, 0.05) is 5.75 Å². The molecule has 0 radical (unpaired) electrons. The number of imide groups is 1. The van der Waals surface area contributed by atoms with Crippen molar-refractivity contribution in [3.8, 4) is 11.5 Å².